The van der Waals surface area contributed by atoms with Gasteiger partial charge in [0.2, 0.25) is 5.89 Å². The Morgan fingerprint density at radius 3 is 2.84 bits per heavy atom. The molecule has 1 N–H and O–H groups in total. The third-order valence-corrected chi connectivity index (χ3v) is 6.66. The number of benzene rings is 1. The number of aliphatic carboxylic acids is 1. The van der Waals surface area contributed by atoms with Crippen LogP contribution in [0.25, 0.3) is 0 Å². The lowest BCUT2D eigenvalue weighted by Crippen LogP contribution is -2.19. The molecular formula is C27H33NO4. The predicted octanol–water partition coefficient (Wildman–Crippen LogP) is 6.16. The number of carbonyl (C=O) groups is 1. The monoisotopic (exact) mass is 435 g/mol. The number of hydrogen-bond donors (Lipinski definition) is 1. The first-order valence-corrected chi connectivity index (χ1v) is 11.8. The first-order valence-electron chi connectivity index (χ1n) is 11.8. The van der Waals surface area contributed by atoms with Crippen LogP contribution >= 0.6 is 0 Å². The van der Waals surface area contributed by atoms with Crippen molar-refractivity contribution < 1.29 is 19.1 Å². The van der Waals surface area contributed by atoms with Gasteiger partial charge in [-0.2, -0.15) is 0 Å². The summed E-state index contributed by atoms with van der Waals surface area (Å²) >= 11 is 0. The van der Waals surface area contributed by atoms with Crippen molar-refractivity contribution in [1.29, 1.82) is 0 Å². The summed E-state index contributed by atoms with van der Waals surface area (Å²) in [5.41, 5.74) is 3.37. The zero-order chi connectivity index (χ0) is 22.7. The molecule has 1 aromatic carbocycles. The molecule has 0 bridgehead atoms. The van der Waals surface area contributed by atoms with E-state index in [9.17, 15) is 9.90 Å². The molecule has 1 heterocycles. The van der Waals surface area contributed by atoms with Crippen LogP contribution in [0.4, 0.5) is 0 Å². The third kappa shape index (κ3) is 4.67. The van der Waals surface area contributed by atoms with E-state index in [4.69, 9.17) is 14.1 Å². The maximum Gasteiger partial charge on any atom is 0.307 e. The Labute approximate surface area is 190 Å². The molecule has 0 fully saturated rings. The molecular weight excluding hydrogens is 402 g/mol. The number of oxazole rings is 1. The Bertz CT molecular complexity index is 1020. The molecule has 170 valence electrons. The fourth-order valence-electron chi connectivity index (χ4n) is 4.97. The molecule has 2 aliphatic carbocycles. The standard InChI is InChI=1S/C27H33NO4/c1-4-21(27(29)30)23-12-10-19-16-20(11-13-22(19)23)31-15-14-24-25(17(2)3)32-26(28-24)18-8-6-5-7-9-18/h5-8,11,13,16-18,21,23H,4,9-10,12,14-15H2,1-3H3,(H,29,30). The summed E-state index contributed by atoms with van der Waals surface area (Å²) in [6.45, 7) is 6.74. The van der Waals surface area contributed by atoms with Crippen LogP contribution in [-0.2, 0) is 17.6 Å². The third-order valence-electron chi connectivity index (χ3n) is 6.66. The topological polar surface area (TPSA) is 72.6 Å². The fourth-order valence-corrected chi connectivity index (χ4v) is 4.97. The first-order chi connectivity index (χ1) is 15.5. The van der Waals surface area contributed by atoms with E-state index in [0.717, 1.165) is 42.4 Å². The molecule has 0 radical (unpaired) electrons. The van der Waals surface area contributed by atoms with Crippen LogP contribution in [0.2, 0.25) is 0 Å². The molecule has 2 aromatic rings. The van der Waals surface area contributed by atoms with Gasteiger partial charge in [0.15, 0.2) is 0 Å². The van der Waals surface area contributed by atoms with Gasteiger partial charge in [-0.15, -0.1) is 0 Å². The van der Waals surface area contributed by atoms with Crippen LogP contribution in [0.3, 0.4) is 0 Å². The van der Waals surface area contributed by atoms with Gasteiger partial charge >= 0.3 is 5.97 Å². The normalized spacial score (nSPS) is 20.5. The maximum atomic E-state index is 11.6. The number of ether oxygens (including phenoxy) is 1. The molecule has 0 amide bonds. The molecule has 0 saturated heterocycles. The lowest BCUT2D eigenvalue weighted by molar-refractivity contribution is -0.142. The van der Waals surface area contributed by atoms with Crippen molar-refractivity contribution in [1.82, 2.24) is 4.98 Å². The summed E-state index contributed by atoms with van der Waals surface area (Å²) in [6.07, 6.45) is 12.5. The highest BCUT2D eigenvalue weighted by molar-refractivity contribution is 5.71. The van der Waals surface area contributed by atoms with Crippen molar-refractivity contribution >= 4 is 5.97 Å². The van der Waals surface area contributed by atoms with E-state index in [0.29, 0.717) is 19.4 Å². The van der Waals surface area contributed by atoms with Crippen LogP contribution in [0.1, 0.15) is 86.3 Å². The summed E-state index contributed by atoms with van der Waals surface area (Å²) in [5.74, 6) is 2.14. The SMILES string of the molecule is CCC(C(=O)O)C1CCc2cc(OCCc3nc(C4C=CC=CC4)oc3C(C)C)ccc21. The number of hydrogen-bond acceptors (Lipinski definition) is 4. The lowest BCUT2D eigenvalue weighted by atomic mass is 9.85. The van der Waals surface area contributed by atoms with Crippen molar-refractivity contribution in [2.24, 2.45) is 5.92 Å². The number of aromatic nitrogens is 1. The summed E-state index contributed by atoms with van der Waals surface area (Å²) in [4.78, 5) is 16.4. The summed E-state index contributed by atoms with van der Waals surface area (Å²) in [7, 11) is 0. The van der Waals surface area contributed by atoms with E-state index in [1.54, 1.807) is 0 Å². The van der Waals surface area contributed by atoms with Crippen LogP contribution in [0, 0.1) is 5.92 Å². The smallest absolute Gasteiger partial charge is 0.307 e. The van der Waals surface area contributed by atoms with Crippen molar-refractivity contribution in [3.63, 3.8) is 0 Å². The number of fused-ring (bicyclic) bond motifs is 1. The summed E-state index contributed by atoms with van der Waals surface area (Å²) in [5, 5.41) is 9.54. The molecule has 32 heavy (non-hydrogen) atoms. The second kappa shape index (κ2) is 9.76. The molecule has 3 unspecified atom stereocenters. The highest BCUT2D eigenvalue weighted by Gasteiger charge is 2.33. The number of carboxylic acid groups (broad SMARTS) is 1. The minimum atomic E-state index is -0.696. The molecule has 5 heteroatoms. The Balaban J connectivity index is 1.41. The summed E-state index contributed by atoms with van der Waals surface area (Å²) in [6, 6.07) is 6.12. The first kappa shape index (κ1) is 22.4. The van der Waals surface area contributed by atoms with Crippen LogP contribution < -0.4 is 4.74 Å². The molecule has 0 saturated carbocycles. The Hall–Kier alpha value is -2.82. The van der Waals surface area contributed by atoms with Gasteiger partial charge in [0.25, 0.3) is 0 Å². The van der Waals surface area contributed by atoms with Gasteiger partial charge in [0.1, 0.15) is 11.5 Å². The number of nitrogens with zero attached hydrogens (tertiary/aromatic N) is 1. The minimum absolute atomic E-state index is 0.104. The quantitative estimate of drug-likeness (QED) is 0.511. The molecule has 5 nitrogen and oxygen atoms in total. The number of allylic oxidation sites excluding steroid dienone is 4. The molecule has 2 aliphatic rings. The highest BCUT2D eigenvalue weighted by atomic mass is 16.5. The van der Waals surface area contributed by atoms with Crippen LogP contribution in [0.15, 0.2) is 46.9 Å². The van der Waals surface area contributed by atoms with E-state index in [-0.39, 0.29) is 23.7 Å². The van der Waals surface area contributed by atoms with Gasteiger partial charge in [0, 0.05) is 12.3 Å². The van der Waals surface area contributed by atoms with E-state index >= 15 is 0 Å². The van der Waals surface area contributed by atoms with Gasteiger partial charge in [-0.05, 0) is 54.9 Å². The molecule has 3 atom stereocenters. The van der Waals surface area contributed by atoms with E-state index in [2.05, 4.69) is 44.2 Å². The number of rotatable bonds is 9. The van der Waals surface area contributed by atoms with Crippen molar-refractivity contribution in [2.45, 2.75) is 70.6 Å². The Morgan fingerprint density at radius 1 is 1.31 bits per heavy atom. The Kier molecular flexibility index (Phi) is 6.83. The summed E-state index contributed by atoms with van der Waals surface area (Å²) < 4.78 is 12.2. The van der Waals surface area contributed by atoms with Crippen molar-refractivity contribution in [3.05, 3.63) is 71.0 Å². The Morgan fingerprint density at radius 2 is 2.16 bits per heavy atom. The van der Waals surface area contributed by atoms with Gasteiger partial charge < -0.3 is 14.3 Å². The zero-order valence-corrected chi connectivity index (χ0v) is 19.2. The second-order valence-electron chi connectivity index (χ2n) is 9.13. The fraction of sp³-hybridized carbons (Fsp3) is 0.481. The van der Waals surface area contributed by atoms with Crippen molar-refractivity contribution in [3.8, 4) is 5.75 Å². The number of aryl methyl sites for hydroxylation is 1. The van der Waals surface area contributed by atoms with Crippen LogP contribution in [-0.4, -0.2) is 22.7 Å². The van der Waals surface area contributed by atoms with E-state index < -0.39 is 5.97 Å². The highest BCUT2D eigenvalue weighted by Crippen LogP contribution is 2.41. The van der Waals surface area contributed by atoms with Gasteiger partial charge in [-0.25, -0.2) is 4.98 Å². The van der Waals surface area contributed by atoms with Crippen LogP contribution in [0.5, 0.6) is 5.75 Å². The average Bonchev–Trinajstić information content (AvgIpc) is 3.39. The minimum Gasteiger partial charge on any atom is -0.493 e. The van der Waals surface area contributed by atoms with E-state index in [1.807, 2.05) is 19.1 Å². The predicted molar refractivity (Wildman–Crippen MR) is 124 cm³/mol. The largest absolute Gasteiger partial charge is 0.493 e. The molecule has 1 aromatic heterocycles. The lowest BCUT2D eigenvalue weighted by Gasteiger charge is -2.19. The maximum absolute atomic E-state index is 11.6. The zero-order valence-electron chi connectivity index (χ0n) is 19.2. The van der Waals surface area contributed by atoms with Gasteiger partial charge in [-0.1, -0.05) is 51.1 Å². The second-order valence-corrected chi connectivity index (χ2v) is 9.13. The van der Waals surface area contributed by atoms with E-state index in [1.165, 1.54) is 11.1 Å². The van der Waals surface area contributed by atoms with Gasteiger partial charge in [-0.3, -0.25) is 4.79 Å². The molecule has 0 aliphatic heterocycles. The van der Waals surface area contributed by atoms with Gasteiger partial charge in [0.05, 0.1) is 24.1 Å². The van der Waals surface area contributed by atoms with Crippen molar-refractivity contribution in [2.75, 3.05) is 6.61 Å². The average molecular weight is 436 g/mol. The number of carboxylic acids is 1. The molecule has 0 spiro atoms. The molecule has 4 rings (SSSR count).